The lowest BCUT2D eigenvalue weighted by atomic mass is 10.1. The lowest BCUT2D eigenvalue weighted by Crippen LogP contribution is -2.52. The summed E-state index contributed by atoms with van der Waals surface area (Å²) in [6, 6.07) is 10.9. The Morgan fingerprint density at radius 3 is 2.61 bits per heavy atom. The predicted octanol–water partition coefficient (Wildman–Crippen LogP) is 2.35. The van der Waals surface area contributed by atoms with Crippen LogP contribution >= 0.6 is 11.3 Å². The van der Waals surface area contributed by atoms with Gasteiger partial charge in [0.15, 0.2) is 0 Å². The Morgan fingerprint density at radius 1 is 1.07 bits per heavy atom. The topological polar surface area (TPSA) is 59.1 Å². The van der Waals surface area contributed by atoms with E-state index in [2.05, 4.69) is 44.1 Å². The maximum absolute atomic E-state index is 11.8. The van der Waals surface area contributed by atoms with Crippen molar-refractivity contribution in [3.8, 4) is 0 Å². The fourth-order valence-corrected chi connectivity index (χ4v) is 4.77. The number of amides is 2. The molecule has 1 aromatic heterocycles. The Labute approximate surface area is 170 Å². The molecule has 0 aliphatic carbocycles. The van der Waals surface area contributed by atoms with E-state index in [9.17, 15) is 9.90 Å². The summed E-state index contributed by atoms with van der Waals surface area (Å²) in [6.07, 6.45) is 0.809. The van der Waals surface area contributed by atoms with Crippen LogP contribution in [0.4, 0.5) is 10.5 Å². The standard InChI is InChI=1S/C21H28N4O2S/c26-11-5-20-15-23(9-10-24(20)14-18-6-12-28-16-18)13-17-1-3-19(4-2-17)25-8-7-22-21(25)27/h1-4,6,12,16,20,26H,5,7-11,13-15H2,(H,22,27)/t20-/m0/s1. The Bertz CT molecular complexity index is 765. The van der Waals surface area contributed by atoms with Gasteiger partial charge in [-0.05, 0) is 46.5 Å². The Balaban J connectivity index is 1.35. The molecule has 2 saturated heterocycles. The van der Waals surface area contributed by atoms with E-state index < -0.39 is 0 Å². The average molecular weight is 401 g/mol. The number of hydrogen-bond donors (Lipinski definition) is 2. The summed E-state index contributed by atoms with van der Waals surface area (Å²) in [6.45, 7) is 6.56. The van der Waals surface area contributed by atoms with Crippen molar-refractivity contribution in [2.45, 2.75) is 25.6 Å². The van der Waals surface area contributed by atoms with Gasteiger partial charge in [-0.25, -0.2) is 4.79 Å². The van der Waals surface area contributed by atoms with Crippen LogP contribution < -0.4 is 10.2 Å². The maximum Gasteiger partial charge on any atom is 0.321 e. The third kappa shape index (κ3) is 4.55. The van der Waals surface area contributed by atoms with Crippen LogP contribution in [-0.4, -0.2) is 66.3 Å². The molecule has 3 heterocycles. The Morgan fingerprint density at radius 2 is 1.93 bits per heavy atom. The monoisotopic (exact) mass is 400 g/mol. The highest BCUT2D eigenvalue weighted by Crippen LogP contribution is 2.21. The number of carbonyl (C=O) groups is 1. The molecule has 2 amide bonds. The SMILES string of the molecule is O=C1NCCN1c1ccc(CN2CCN(Cc3ccsc3)[C@@H](CCO)C2)cc1. The molecular formula is C21H28N4O2S. The number of thiophene rings is 1. The van der Waals surface area contributed by atoms with Gasteiger partial charge in [-0.2, -0.15) is 11.3 Å². The van der Waals surface area contributed by atoms with E-state index in [1.807, 2.05) is 12.1 Å². The van der Waals surface area contributed by atoms with E-state index >= 15 is 0 Å². The summed E-state index contributed by atoms with van der Waals surface area (Å²) in [5.74, 6) is 0. The molecule has 4 rings (SSSR count). The molecule has 1 atom stereocenters. The van der Waals surface area contributed by atoms with Gasteiger partial charge in [0.1, 0.15) is 0 Å². The van der Waals surface area contributed by atoms with Crippen LogP contribution in [0, 0.1) is 0 Å². The van der Waals surface area contributed by atoms with Gasteiger partial charge in [-0.3, -0.25) is 14.7 Å². The molecule has 150 valence electrons. The smallest absolute Gasteiger partial charge is 0.321 e. The first kappa shape index (κ1) is 19.4. The molecule has 0 saturated carbocycles. The molecule has 0 spiro atoms. The zero-order valence-corrected chi connectivity index (χ0v) is 16.9. The normalized spacial score (nSPS) is 21.2. The minimum Gasteiger partial charge on any atom is -0.396 e. The quantitative estimate of drug-likeness (QED) is 0.749. The van der Waals surface area contributed by atoms with Gasteiger partial charge in [0, 0.05) is 64.1 Å². The van der Waals surface area contributed by atoms with Crippen LogP contribution in [0.3, 0.4) is 0 Å². The summed E-state index contributed by atoms with van der Waals surface area (Å²) in [5, 5.41) is 16.7. The van der Waals surface area contributed by atoms with Crippen molar-refractivity contribution in [2.75, 3.05) is 44.2 Å². The number of nitrogens with one attached hydrogen (secondary N) is 1. The van der Waals surface area contributed by atoms with Gasteiger partial charge in [-0.1, -0.05) is 12.1 Å². The van der Waals surface area contributed by atoms with Gasteiger partial charge in [0.2, 0.25) is 0 Å². The fourth-order valence-electron chi connectivity index (χ4n) is 4.11. The largest absolute Gasteiger partial charge is 0.396 e. The number of anilines is 1. The molecular weight excluding hydrogens is 372 g/mol. The van der Waals surface area contributed by atoms with Crippen LogP contribution in [-0.2, 0) is 13.1 Å². The van der Waals surface area contributed by atoms with Crippen molar-refractivity contribution in [2.24, 2.45) is 0 Å². The molecule has 2 N–H and O–H groups in total. The van der Waals surface area contributed by atoms with E-state index in [4.69, 9.17) is 0 Å². The zero-order valence-electron chi connectivity index (χ0n) is 16.1. The van der Waals surface area contributed by atoms with E-state index in [0.717, 1.165) is 51.4 Å². The highest BCUT2D eigenvalue weighted by molar-refractivity contribution is 7.07. The first-order valence-corrected chi connectivity index (χ1v) is 10.9. The molecule has 2 aromatic rings. The number of benzene rings is 1. The molecule has 0 unspecified atom stereocenters. The number of aliphatic hydroxyl groups is 1. The number of urea groups is 1. The number of piperazine rings is 1. The second-order valence-electron chi connectivity index (χ2n) is 7.55. The minimum atomic E-state index is -0.0126. The molecule has 7 heteroatoms. The summed E-state index contributed by atoms with van der Waals surface area (Å²) in [7, 11) is 0. The Kier molecular flexibility index (Phi) is 6.26. The van der Waals surface area contributed by atoms with Crippen molar-refractivity contribution in [1.29, 1.82) is 0 Å². The van der Waals surface area contributed by atoms with E-state index in [-0.39, 0.29) is 12.6 Å². The van der Waals surface area contributed by atoms with Crippen LogP contribution in [0.15, 0.2) is 41.1 Å². The summed E-state index contributed by atoms with van der Waals surface area (Å²) < 4.78 is 0. The van der Waals surface area contributed by atoms with Gasteiger partial charge >= 0.3 is 6.03 Å². The predicted molar refractivity (Wildman–Crippen MR) is 113 cm³/mol. The van der Waals surface area contributed by atoms with Crippen LogP contribution in [0.2, 0.25) is 0 Å². The Hall–Kier alpha value is -1.93. The van der Waals surface area contributed by atoms with Gasteiger partial charge in [0.05, 0.1) is 0 Å². The number of nitrogens with zero attached hydrogens (tertiary/aromatic N) is 3. The lowest BCUT2D eigenvalue weighted by Gasteiger charge is -2.41. The molecule has 0 radical (unpaired) electrons. The average Bonchev–Trinajstić information content (AvgIpc) is 3.36. The number of carbonyl (C=O) groups excluding carboxylic acids is 1. The maximum atomic E-state index is 11.8. The van der Waals surface area contributed by atoms with Crippen molar-refractivity contribution in [3.63, 3.8) is 0 Å². The highest BCUT2D eigenvalue weighted by Gasteiger charge is 2.27. The second kappa shape index (κ2) is 9.05. The molecule has 1 aromatic carbocycles. The van der Waals surface area contributed by atoms with Gasteiger partial charge < -0.3 is 10.4 Å². The highest BCUT2D eigenvalue weighted by atomic mass is 32.1. The second-order valence-corrected chi connectivity index (χ2v) is 8.33. The number of rotatable bonds is 7. The van der Waals surface area contributed by atoms with Crippen LogP contribution in [0.25, 0.3) is 0 Å². The van der Waals surface area contributed by atoms with E-state index in [1.54, 1.807) is 16.2 Å². The molecule has 6 nitrogen and oxygen atoms in total. The summed E-state index contributed by atoms with van der Waals surface area (Å²) in [4.78, 5) is 18.6. The summed E-state index contributed by atoms with van der Waals surface area (Å²) in [5.41, 5.74) is 3.58. The van der Waals surface area contributed by atoms with Crippen molar-refractivity contribution in [1.82, 2.24) is 15.1 Å². The van der Waals surface area contributed by atoms with Gasteiger partial charge in [-0.15, -0.1) is 0 Å². The third-order valence-electron chi connectivity index (χ3n) is 5.63. The molecule has 2 aliphatic rings. The fraction of sp³-hybridized carbons (Fsp3) is 0.476. The summed E-state index contributed by atoms with van der Waals surface area (Å²) >= 11 is 1.74. The molecule has 2 fully saturated rings. The third-order valence-corrected chi connectivity index (χ3v) is 6.36. The van der Waals surface area contributed by atoms with Crippen molar-refractivity contribution in [3.05, 3.63) is 52.2 Å². The van der Waals surface area contributed by atoms with Crippen LogP contribution in [0.1, 0.15) is 17.5 Å². The van der Waals surface area contributed by atoms with E-state index in [1.165, 1.54) is 11.1 Å². The lowest BCUT2D eigenvalue weighted by molar-refractivity contribution is 0.0500. The van der Waals surface area contributed by atoms with Gasteiger partial charge in [0.25, 0.3) is 0 Å². The number of aliphatic hydroxyl groups excluding tert-OH is 1. The van der Waals surface area contributed by atoms with Crippen LogP contribution in [0.5, 0.6) is 0 Å². The van der Waals surface area contributed by atoms with E-state index in [0.29, 0.717) is 12.6 Å². The number of hydrogen-bond acceptors (Lipinski definition) is 5. The molecule has 28 heavy (non-hydrogen) atoms. The van der Waals surface area contributed by atoms with Crippen molar-refractivity contribution < 1.29 is 9.90 Å². The minimum absolute atomic E-state index is 0.0126. The first-order valence-electron chi connectivity index (χ1n) is 9.95. The molecule has 2 aliphatic heterocycles. The van der Waals surface area contributed by atoms with Crippen molar-refractivity contribution >= 4 is 23.1 Å². The molecule has 0 bridgehead atoms. The zero-order chi connectivity index (χ0) is 19.3. The first-order chi connectivity index (χ1) is 13.7.